The number of hydrogen-bond acceptors (Lipinski definition) is 2. The zero-order valence-corrected chi connectivity index (χ0v) is 13.6. The smallest absolute Gasteiger partial charge is 0.0807 e. The van der Waals surface area contributed by atoms with Crippen molar-refractivity contribution in [3.8, 4) is 0 Å². The third-order valence-electron chi connectivity index (χ3n) is 5.47. The second-order valence-corrected chi connectivity index (χ2v) is 6.98. The minimum atomic E-state index is -0.226. The van der Waals surface area contributed by atoms with Gasteiger partial charge in [-0.2, -0.15) is 0 Å². The van der Waals surface area contributed by atoms with Gasteiger partial charge >= 0.3 is 0 Å². The van der Waals surface area contributed by atoms with Crippen molar-refractivity contribution < 1.29 is 5.11 Å². The molecule has 3 heteroatoms. The first-order valence-electron chi connectivity index (χ1n) is 8.78. The molecule has 0 saturated carbocycles. The van der Waals surface area contributed by atoms with Gasteiger partial charge in [0.1, 0.15) is 0 Å². The molecule has 1 aromatic rings. The summed E-state index contributed by atoms with van der Waals surface area (Å²) in [5, 5.41) is 10.1. The molecule has 1 N–H and O–H groups in total. The van der Waals surface area contributed by atoms with Gasteiger partial charge in [0.2, 0.25) is 0 Å². The van der Waals surface area contributed by atoms with Crippen LogP contribution in [-0.2, 0) is 13.0 Å². The molecule has 0 radical (unpaired) electrons. The number of aliphatic hydroxyl groups is 1. The average molecular weight is 290 g/mol. The third kappa shape index (κ3) is 3.19. The molecule has 1 saturated heterocycles. The fourth-order valence-electron chi connectivity index (χ4n) is 4.17. The first-order chi connectivity index (χ1) is 10.2. The van der Waals surface area contributed by atoms with E-state index in [1.54, 1.807) is 0 Å². The zero-order valence-electron chi connectivity index (χ0n) is 13.6. The van der Waals surface area contributed by atoms with E-state index in [-0.39, 0.29) is 6.10 Å². The Morgan fingerprint density at radius 1 is 1.19 bits per heavy atom. The van der Waals surface area contributed by atoms with Crippen molar-refractivity contribution in [3.05, 3.63) is 23.0 Å². The van der Waals surface area contributed by atoms with E-state index in [4.69, 9.17) is 0 Å². The Kier molecular flexibility index (Phi) is 4.70. The standard InChI is InChI=1S/C18H30N2O/c1-14-7-3-4-10-19(14)11-6-12-20-15(2)13-16-17(20)8-5-9-18(16)21/h13-14,18,21H,3-12H2,1-2H3. The van der Waals surface area contributed by atoms with Gasteiger partial charge in [0.15, 0.2) is 0 Å². The Morgan fingerprint density at radius 3 is 2.86 bits per heavy atom. The Bertz CT molecular complexity index is 480. The van der Waals surface area contributed by atoms with Gasteiger partial charge in [0.05, 0.1) is 6.10 Å². The summed E-state index contributed by atoms with van der Waals surface area (Å²) in [6.07, 6.45) is 8.33. The second-order valence-electron chi connectivity index (χ2n) is 6.98. The minimum Gasteiger partial charge on any atom is -0.388 e. The summed E-state index contributed by atoms with van der Waals surface area (Å²) < 4.78 is 2.46. The lowest BCUT2D eigenvalue weighted by molar-refractivity contribution is 0.153. The van der Waals surface area contributed by atoms with Gasteiger partial charge in [-0.05, 0) is 65.0 Å². The first-order valence-corrected chi connectivity index (χ1v) is 8.78. The maximum Gasteiger partial charge on any atom is 0.0807 e. The number of hydrogen-bond donors (Lipinski definition) is 1. The quantitative estimate of drug-likeness (QED) is 0.920. The van der Waals surface area contributed by atoms with Crippen LogP contribution in [0, 0.1) is 6.92 Å². The molecule has 2 unspecified atom stereocenters. The molecule has 3 rings (SSSR count). The van der Waals surface area contributed by atoms with Crippen molar-refractivity contribution in [1.29, 1.82) is 0 Å². The highest BCUT2D eigenvalue weighted by Gasteiger charge is 2.23. The Hall–Kier alpha value is -0.800. The van der Waals surface area contributed by atoms with Crippen LogP contribution in [0.5, 0.6) is 0 Å². The summed E-state index contributed by atoms with van der Waals surface area (Å²) in [4.78, 5) is 2.66. The van der Waals surface area contributed by atoms with Gasteiger partial charge in [-0.15, -0.1) is 0 Å². The van der Waals surface area contributed by atoms with E-state index in [1.807, 2.05) is 0 Å². The van der Waals surface area contributed by atoms with Crippen LogP contribution < -0.4 is 0 Å². The van der Waals surface area contributed by atoms with E-state index in [2.05, 4.69) is 29.4 Å². The molecule has 0 bridgehead atoms. The minimum absolute atomic E-state index is 0.226. The lowest BCUT2D eigenvalue weighted by Gasteiger charge is -2.33. The fourth-order valence-corrected chi connectivity index (χ4v) is 4.17. The molecule has 1 fully saturated rings. The van der Waals surface area contributed by atoms with Gasteiger partial charge in [-0.1, -0.05) is 6.42 Å². The van der Waals surface area contributed by atoms with E-state index in [9.17, 15) is 5.11 Å². The van der Waals surface area contributed by atoms with Crippen molar-refractivity contribution in [2.24, 2.45) is 0 Å². The van der Waals surface area contributed by atoms with Crippen molar-refractivity contribution in [2.45, 2.75) is 77.5 Å². The molecule has 1 aromatic heterocycles. The maximum absolute atomic E-state index is 10.1. The summed E-state index contributed by atoms with van der Waals surface area (Å²) in [6, 6.07) is 2.98. The Labute approximate surface area is 129 Å². The van der Waals surface area contributed by atoms with Crippen molar-refractivity contribution >= 4 is 0 Å². The number of fused-ring (bicyclic) bond motifs is 1. The van der Waals surface area contributed by atoms with E-state index in [0.29, 0.717) is 0 Å². The van der Waals surface area contributed by atoms with Crippen molar-refractivity contribution in [3.63, 3.8) is 0 Å². The zero-order chi connectivity index (χ0) is 14.8. The monoisotopic (exact) mass is 290 g/mol. The van der Waals surface area contributed by atoms with Crippen LogP contribution in [0.25, 0.3) is 0 Å². The second kappa shape index (κ2) is 6.53. The average Bonchev–Trinajstić information content (AvgIpc) is 2.79. The van der Waals surface area contributed by atoms with Gasteiger partial charge in [-0.3, -0.25) is 0 Å². The number of rotatable bonds is 4. The lowest BCUT2D eigenvalue weighted by Crippen LogP contribution is -2.38. The van der Waals surface area contributed by atoms with Gasteiger partial charge in [0, 0.05) is 36.1 Å². The summed E-state index contributed by atoms with van der Waals surface area (Å²) in [5.41, 5.74) is 3.93. The highest BCUT2D eigenvalue weighted by Crippen LogP contribution is 2.32. The molecule has 0 spiro atoms. The van der Waals surface area contributed by atoms with Crippen LogP contribution in [0.1, 0.15) is 68.5 Å². The van der Waals surface area contributed by atoms with Crippen LogP contribution in [0.2, 0.25) is 0 Å². The highest BCUT2D eigenvalue weighted by molar-refractivity contribution is 5.31. The number of likely N-dealkylation sites (tertiary alicyclic amines) is 1. The molecule has 2 heterocycles. The summed E-state index contributed by atoms with van der Waals surface area (Å²) >= 11 is 0. The Morgan fingerprint density at radius 2 is 2.05 bits per heavy atom. The largest absolute Gasteiger partial charge is 0.388 e. The molecule has 2 atom stereocenters. The number of aryl methyl sites for hydroxylation is 1. The molecule has 0 amide bonds. The van der Waals surface area contributed by atoms with Crippen LogP contribution >= 0.6 is 0 Å². The number of piperidine rings is 1. The van der Waals surface area contributed by atoms with Crippen LogP contribution in [0.15, 0.2) is 6.07 Å². The van der Waals surface area contributed by atoms with Gasteiger partial charge < -0.3 is 14.6 Å². The molecule has 0 aromatic carbocycles. The highest BCUT2D eigenvalue weighted by atomic mass is 16.3. The molecule has 2 aliphatic rings. The molecule has 1 aliphatic heterocycles. The van der Waals surface area contributed by atoms with Crippen LogP contribution in [0.4, 0.5) is 0 Å². The van der Waals surface area contributed by atoms with E-state index in [0.717, 1.165) is 31.8 Å². The molecular weight excluding hydrogens is 260 g/mol. The molecular formula is C18H30N2O. The first kappa shape index (κ1) is 15.1. The topological polar surface area (TPSA) is 28.4 Å². The third-order valence-corrected chi connectivity index (χ3v) is 5.47. The molecule has 21 heavy (non-hydrogen) atoms. The summed E-state index contributed by atoms with van der Waals surface area (Å²) in [6.45, 7) is 8.17. The number of aromatic nitrogens is 1. The van der Waals surface area contributed by atoms with E-state index >= 15 is 0 Å². The lowest BCUT2D eigenvalue weighted by atomic mass is 9.95. The van der Waals surface area contributed by atoms with Crippen LogP contribution in [0.3, 0.4) is 0 Å². The normalized spacial score (nSPS) is 26.8. The fraction of sp³-hybridized carbons (Fsp3) is 0.778. The maximum atomic E-state index is 10.1. The molecule has 3 nitrogen and oxygen atoms in total. The summed E-state index contributed by atoms with van der Waals surface area (Å²) in [7, 11) is 0. The predicted octanol–water partition coefficient (Wildman–Crippen LogP) is 3.43. The van der Waals surface area contributed by atoms with Crippen molar-refractivity contribution in [1.82, 2.24) is 9.47 Å². The predicted molar refractivity (Wildman–Crippen MR) is 86.6 cm³/mol. The van der Waals surface area contributed by atoms with Crippen molar-refractivity contribution in [2.75, 3.05) is 13.1 Å². The SMILES string of the molecule is Cc1cc2c(n1CCCN1CCCCC1C)CCCC2O. The summed E-state index contributed by atoms with van der Waals surface area (Å²) in [5.74, 6) is 0. The molecule has 118 valence electrons. The Balaban J connectivity index is 1.60. The van der Waals surface area contributed by atoms with E-state index < -0.39 is 0 Å². The van der Waals surface area contributed by atoms with Gasteiger partial charge in [0.25, 0.3) is 0 Å². The van der Waals surface area contributed by atoms with E-state index in [1.165, 1.54) is 55.7 Å². The number of nitrogens with zero attached hydrogens (tertiary/aromatic N) is 2. The van der Waals surface area contributed by atoms with Gasteiger partial charge in [-0.25, -0.2) is 0 Å². The van der Waals surface area contributed by atoms with Crippen LogP contribution in [-0.4, -0.2) is 33.7 Å². The molecule has 1 aliphatic carbocycles. The number of aliphatic hydroxyl groups excluding tert-OH is 1.